The van der Waals surface area contributed by atoms with Gasteiger partial charge in [-0.2, -0.15) is 0 Å². The summed E-state index contributed by atoms with van der Waals surface area (Å²) in [7, 11) is 1.69. The molecule has 8 heteroatoms. The first-order chi connectivity index (χ1) is 15.6. The van der Waals surface area contributed by atoms with E-state index in [4.69, 9.17) is 16.3 Å². The molecular weight excluding hydrogens is 444 g/mol. The summed E-state index contributed by atoms with van der Waals surface area (Å²) in [5, 5.41) is 9.91. The Morgan fingerprint density at radius 3 is 2.69 bits per heavy atom. The molecule has 1 aromatic heterocycles. The lowest BCUT2D eigenvalue weighted by atomic mass is 10.00. The summed E-state index contributed by atoms with van der Waals surface area (Å²) >= 11 is 7.87. The number of fused-ring (bicyclic) bond motifs is 1. The van der Waals surface area contributed by atoms with E-state index in [-0.39, 0.29) is 11.2 Å². The van der Waals surface area contributed by atoms with E-state index in [1.807, 2.05) is 46.7 Å². The Labute approximate surface area is 197 Å². The highest BCUT2D eigenvalue weighted by Gasteiger charge is 2.27. The van der Waals surface area contributed by atoms with Crippen molar-refractivity contribution in [3.63, 3.8) is 0 Å². The zero-order chi connectivity index (χ0) is 22.5. The number of nitrogens with zero attached hydrogens (tertiary/aromatic N) is 4. The van der Waals surface area contributed by atoms with E-state index in [2.05, 4.69) is 28.4 Å². The average molecular weight is 471 g/mol. The van der Waals surface area contributed by atoms with Crippen molar-refractivity contribution in [1.82, 2.24) is 19.7 Å². The van der Waals surface area contributed by atoms with E-state index in [1.54, 1.807) is 7.11 Å². The van der Waals surface area contributed by atoms with Gasteiger partial charge in [0.1, 0.15) is 0 Å². The standard InChI is InChI=1S/C24H27ClN4O2S/c1-17(23(30)28-14-12-18-8-3-4-9-19(18)16-28)32-24-27-26-22(29(24)13-7-15-31-2)20-10-5-6-11-21(20)25/h3-6,8-11,17H,7,12-16H2,1-2H3. The third-order valence-electron chi connectivity index (χ3n) is 5.63. The summed E-state index contributed by atoms with van der Waals surface area (Å²) in [5.41, 5.74) is 3.39. The molecule has 2 aromatic carbocycles. The van der Waals surface area contributed by atoms with E-state index in [0.717, 1.165) is 24.9 Å². The molecule has 0 fully saturated rings. The van der Waals surface area contributed by atoms with Crippen molar-refractivity contribution in [3.05, 3.63) is 64.7 Å². The molecule has 1 aliphatic heterocycles. The van der Waals surface area contributed by atoms with E-state index in [0.29, 0.717) is 35.7 Å². The summed E-state index contributed by atoms with van der Waals surface area (Å²) in [6, 6.07) is 16.0. The Bertz CT molecular complexity index is 1090. The minimum absolute atomic E-state index is 0.121. The number of amides is 1. The summed E-state index contributed by atoms with van der Waals surface area (Å²) < 4.78 is 7.27. The molecule has 1 unspecified atom stereocenters. The fourth-order valence-corrected chi connectivity index (χ4v) is 5.12. The van der Waals surface area contributed by atoms with Crippen molar-refractivity contribution in [2.24, 2.45) is 0 Å². The number of hydrogen-bond donors (Lipinski definition) is 0. The van der Waals surface area contributed by atoms with Crippen LogP contribution >= 0.6 is 23.4 Å². The topological polar surface area (TPSA) is 60.2 Å². The van der Waals surface area contributed by atoms with Gasteiger partial charge in [-0.3, -0.25) is 4.79 Å². The van der Waals surface area contributed by atoms with Crippen molar-refractivity contribution < 1.29 is 9.53 Å². The predicted molar refractivity (Wildman–Crippen MR) is 128 cm³/mol. The summed E-state index contributed by atoms with van der Waals surface area (Å²) in [4.78, 5) is 15.2. The molecule has 2 heterocycles. The van der Waals surface area contributed by atoms with Crippen molar-refractivity contribution in [2.45, 2.75) is 43.3 Å². The maximum Gasteiger partial charge on any atom is 0.236 e. The minimum atomic E-state index is -0.273. The molecule has 0 saturated heterocycles. The number of rotatable bonds is 8. The second kappa shape index (κ2) is 10.5. The number of thioether (sulfide) groups is 1. The van der Waals surface area contributed by atoms with Gasteiger partial charge in [0.15, 0.2) is 11.0 Å². The molecule has 0 N–H and O–H groups in total. The van der Waals surface area contributed by atoms with Gasteiger partial charge in [0, 0.05) is 38.9 Å². The molecule has 0 saturated carbocycles. The Hall–Kier alpha value is -2.35. The molecule has 1 atom stereocenters. The largest absolute Gasteiger partial charge is 0.385 e. The lowest BCUT2D eigenvalue weighted by Gasteiger charge is -2.30. The summed E-state index contributed by atoms with van der Waals surface area (Å²) in [6.07, 6.45) is 1.70. The van der Waals surface area contributed by atoms with Crippen LogP contribution in [0.5, 0.6) is 0 Å². The number of carbonyl (C=O) groups excluding carboxylic acids is 1. The molecule has 4 rings (SSSR count). The molecule has 1 amide bonds. The Morgan fingerprint density at radius 2 is 1.91 bits per heavy atom. The fraction of sp³-hybridized carbons (Fsp3) is 0.375. The lowest BCUT2D eigenvalue weighted by molar-refractivity contribution is -0.131. The zero-order valence-corrected chi connectivity index (χ0v) is 19.9. The van der Waals surface area contributed by atoms with Gasteiger partial charge in [-0.25, -0.2) is 0 Å². The molecule has 6 nitrogen and oxygen atoms in total. The van der Waals surface area contributed by atoms with Crippen LogP contribution in [0.15, 0.2) is 53.7 Å². The van der Waals surface area contributed by atoms with Crippen molar-refractivity contribution in [3.8, 4) is 11.4 Å². The highest BCUT2D eigenvalue weighted by molar-refractivity contribution is 8.00. The maximum atomic E-state index is 13.2. The van der Waals surface area contributed by atoms with Gasteiger partial charge in [-0.15, -0.1) is 10.2 Å². The van der Waals surface area contributed by atoms with Crippen molar-refractivity contribution in [1.29, 1.82) is 0 Å². The Kier molecular flexibility index (Phi) is 7.50. The molecule has 0 spiro atoms. The van der Waals surface area contributed by atoms with Gasteiger partial charge in [-0.1, -0.05) is 59.8 Å². The van der Waals surface area contributed by atoms with Crippen LogP contribution in [0, 0.1) is 0 Å². The first-order valence-electron chi connectivity index (χ1n) is 10.8. The van der Waals surface area contributed by atoms with Crippen LogP contribution in [0.3, 0.4) is 0 Å². The number of halogens is 1. The highest BCUT2D eigenvalue weighted by Crippen LogP contribution is 2.32. The monoisotopic (exact) mass is 470 g/mol. The molecule has 168 valence electrons. The molecule has 1 aliphatic rings. The van der Waals surface area contributed by atoms with E-state index in [9.17, 15) is 4.79 Å². The molecule has 32 heavy (non-hydrogen) atoms. The number of benzene rings is 2. The van der Waals surface area contributed by atoms with Gasteiger partial charge >= 0.3 is 0 Å². The molecular formula is C24H27ClN4O2S. The number of ether oxygens (including phenoxy) is 1. The third-order valence-corrected chi connectivity index (χ3v) is 7.03. The first kappa shape index (κ1) is 22.8. The van der Waals surface area contributed by atoms with Crippen LogP contribution < -0.4 is 0 Å². The van der Waals surface area contributed by atoms with E-state index < -0.39 is 0 Å². The van der Waals surface area contributed by atoms with Gasteiger partial charge in [0.2, 0.25) is 5.91 Å². The van der Waals surface area contributed by atoms with Gasteiger partial charge in [-0.05, 0) is 43.0 Å². The zero-order valence-electron chi connectivity index (χ0n) is 18.3. The van der Waals surface area contributed by atoms with Crippen LogP contribution in [0.4, 0.5) is 0 Å². The lowest BCUT2D eigenvalue weighted by Crippen LogP contribution is -2.40. The normalized spacial score (nSPS) is 14.3. The summed E-state index contributed by atoms with van der Waals surface area (Å²) in [6.45, 7) is 4.65. The van der Waals surface area contributed by atoms with Crippen LogP contribution in [0.1, 0.15) is 24.5 Å². The second-order valence-corrected chi connectivity index (χ2v) is 9.54. The number of aromatic nitrogens is 3. The van der Waals surface area contributed by atoms with E-state index in [1.165, 1.54) is 22.9 Å². The quantitative estimate of drug-likeness (QED) is 0.352. The minimum Gasteiger partial charge on any atom is -0.385 e. The van der Waals surface area contributed by atoms with Crippen molar-refractivity contribution in [2.75, 3.05) is 20.3 Å². The van der Waals surface area contributed by atoms with Crippen LogP contribution in [-0.4, -0.2) is 51.1 Å². The maximum absolute atomic E-state index is 13.2. The highest BCUT2D eigenvalue weighted by atomic mass is 35.5. The van der Waals surface area contributed by atoms with Crippen LogP contribution in [0.2, 0.25) is 5.02 Å². The fourth-order valence-electron chi connectivity index (χ4n) is 3.94. The van der Waals surface area contributed by atoms with Crippen molar-refractivity contribution >= 4 is 29.3 Å². The van der Waals surface area contributed by atoms with Gasteiger partial charge < -0.3 is 14.2 Å². The Balaban J connectivity index is 1.53. The van der Waals surface area contributed by atoms with Crippen LogP contribution in [-0.2, 0) is 29.0 Å². The second-order valence-electron chi connectivity index (χ2n) is 7.82. The number of methoxy groups -OCH3 is 1. The van der Waals surface area contributed by atoms with Crippen LogP contribution in [0.25, 0.3) is 11.4 Å². The predicted octanol–water partition coefficient (Wildman–Crippen LogP) is 4.70. The third kappa shape index (κ3) is 5.00. The summed E-state index contributed by atoms with van der Waals surface area (Å²) in [5.74, 6) is 0.830. The van der Waals surface area contributed by atoms with Gasteiger partial charge in [0.05, 0.1) is 10.3 Å². The van der Waals surface area contributed by atoms with Gasteiger partial charge in [0.25, 0.3) is 0 Å². The number of carbonyl (C=O) groups is 1. The molecule has 3 aromatic rings. The number of hydrogen-bond acceptors (Lipinski definition) is 5. The molecule has 0 radical (unpaired) electrons. The SMILES string of the molecule is COCCCn1c(SC(C)C(=O)N2CCc3ccccc3C2)nnc1-c1ccccc1Cl. The van der Waals surface area contributed by atoms with E-state index >= 15 is 0 Å². The Morgan fingerprint density at radius 1 is 1.16 bits per heavy atom. The average Bonchev–Trinajstić information content (AvgIpc) is 3.20. The molecule has 0 aliphatic carbocycles. The molecule has 0 bridgehead atoms. The first-order valence-corrected chi connectivity index (χ1v) is 12.0. The smallest absolute Gasteiger partial charge is 0.236 e.